The minimum absolute atomic E-state index is 0.141. The molecule has 0 aliphatic heterocycles. The lowest BCUT2D eigenvalue weighted by molar-refractivity contribution is 0.429. The van der Waals surface area contributed by atoms with E-state index in [4.69, 9.17) is 5.73 Å². The molecule has 1 aliphatic carbocycles. The standard InChI is InChI=1S/C16H26N2/c1-13(12-18-11-5-6-14-9-10-14)16(17)15-7-3-2-4-8-15/h2-4,7-8,13-14,16,18H,5-6,9-12,17H2,1H3. The highest BCUT2D eigenvalue weighted by atomic mass is 14.9. The summed E-state index contributed by atoms with van der Waals surface area (Å²) < 4.78 is 0. The molecule has 2 heteroatoms. The van der Waals surface area contributed by atoms with Crippen molar-refractivity contribution in [3.63, 3.8) is 0 Å². The van der Waals surface area contributed by atoms with E-state index in [1.165, 1.54) is 31.2 Å². The van der Waals surface area contributed by atoms with E-state index < -0.39 is 0 Å². The summed E-state index contributed by atoms with van der Waals surface area (Å²) in [6.45, 7) is 4.38. The molecule has 1 aromatic carbocycles. The van der Waals surface area contributed by atoms with Gasteiger partial charge in [0.05, 0.1) is 0 Å². The van der Waals surface area contributed by atoms with Crippen molar-refractivity contribution in [3.05, 3.63) is 35.9 Å². The van der Waals surface area contributed by atoms with Gasteiger partial charge in [0.1, 0.15) is 0 Å². The van der Waals surface area contributed by atoms with Gasteiger partial charge in [0.25, 0.3) is 0 Å². The normalized spacial score (nSPS) is 18.6. The molecule has 0 saturated heterocycles. The highest BCUT2D eigenvalue weighted by molar-refractivity contribution is 5.19. The first kappa shape index (κ1) is 13.6. The molecule has 100 valence electrons. The molecule has 1 fully saturated rings. The summed E-state index contributed by atoms with van der Waals surface area (Å²) in [7, 11) is 0. The van der Waals surface area contributed by atoms with Gasteiger partial charge in [-0.2, -0.15) is 0 Å². The van der Waals surface area contributed by atoms with E-state index in [1.807, 2.05) is 6.07 Å². The molecule has 1 aliphatic rings. The van der Waals surface area contributed by atoms with Gasteiger partial charge in [0, 0.05) is 6.04 Å². The van der Waals surface area contributed by atoms with Gasteiger partial charge in [0.15, 0.2) is 0 Å². The average Bonchev–Trinajstić information content (AvgIpc) is 3.22. The second kappa shape index (κ2) is 6.91. The highest BCUT2D eigenvalue weighted by Gasteiger charge is 2.20. The molecule has 2 unspecified atom stereocenters. The third-order valence-corrected chi connectivity index (χ3v) is 3.93. The Bertz CT molecular complexity index is 332. The summed E-state index contributed by atoms with van der Waals surface area (Å²) in [5.74, 6) is 1.53. The van der Waals surface area contributed by atoms with Crippen molar-refractivity contribution in [2.75, 3.05) is 13.1 Å². The van der Waals surface area contributed by atoms with Crippen LogP contribution < -0.4 is 11.1 Å². The maximum Gasteiger partial charge on any atom is 0.0333 e. The quantitative estimate of drug-likeness (QED) is 0.692. The van der Waals surface area contributed by atoms with Gasteiger partial charge in [-0.25, -0.2) is 0 Å². The van der Waals surface area contributed by atoms with Gasteiger partial charge in [-0.15, -0.1) is 0 Å². The first-order chi connectivity index (χ1) is 8.77. The molecule has 2 rings (SSSR count). The van der Waals surface area contributed by atoms with E-state index in [-0.39, 0.29) is 6.04 Å². The lowest BCUT2D eigenvalue weighted by atomic mass is 9.95. The number of hydrogen-bond donors (Lipinski definition) is 2. The first-order valence-corrected chi connectivity index (χ1v) is 7.28. The molecular formula is C16H26N2. The Morgan fingerprint density at radius 2 is 2.00 bits per heavy atom. The van der Waals surface area contributed by atoms with Crippen molar-refractivity contribution in [3.8, 4) is 0 Å². The number of nitrogens with two attached hydrogens (primary N) is 1. The van der Waals surface area contributed by atoms with Crippen LogP contribution in [0, 0.1) is 11.8 Å². The SMILES string of the molecule is CC(CNCCCC1CC1)C(N)c1ccccc1. The third kappa shape index (κ3) is 4.43. The van der Waals surface area contributed by atoms with Crippen LogP contribution in [0.3, 0.4) is 0 Å². The Kier molecular flexibility index (Phi) is 5.21. The Labute approximate surface area is 111 Å². The van der Waals surface area contributed by atoms with Crippen molar-refractivity contribution in [1.82, 2.24) is 5.32 Å². The summed E-state index contributed by atoms with van der Waals surface area (Å²) in [5, 5.41) is 3.54. The zero-order valence-electron chi connectivity index (χ0n) is 11.4. The first-order valence-electron chi connectivity index (χ1n) is 7.28. The van der Waals surface area contributed by atoms with Crippen LogP contribution in [0.5, 0.6) is 0 Å². The molecule has 1 aromatic rings. The van der Waals surface area contributed by atoms with Gasteiger partial charge >= 0.3 is 0 Å². The fraction of sp³-hybridized carbons (Fsp3) is 0.625. The second-order valence-electron chi connectivity index (χ2n) is 5.70. The molecule has 0 spiro atoms. The molecule has 0 heterocycles. The van der Waals surface area contributed by atoms with Gasteiger partial charge in [-0.1, -0.05) is 50.1 Å². The van der Waals surface area contributed by atoms with Crippen LogP contribution in [0.2, 0.25) is 0 Å². The Morgan fingerprint density at radius 1 is 1.28 bits per heavy atom. The lowest BCUT2D eigenvalue weighted by Crippen LogP contribution is -2.30. The zero-order valence-corrected chi connectivity index (χ0v) is 11.4. The number of hydrogen-bond acceptors (Lipinski definition) is 2. The molecular weight excluding hydrogens is 220 g/mol. The molecule has 1 saturated carbocycles. The van der Waals surface area contributed by atoms with Crippen molar-refractivity contribution < 1.29 is 0 Å². The second-order valence-corrected chi connectivity index (χ2v) is 5.70. The van der Waals surface area contributed by atoms with Crippen LogP contribution in [0.25, 0.3) is 0 Å². The zero-order chi connectivity index (χ0) is 12.8. The molecule has 0 aromatic heterocycles. The van der Waals surface area contributed by atoms with Gasteiger partial charge in [-0.05, 0) is 43.3 Å². The molecule has 18 heavy (non-hydrogen) atoms. The predicted molar refractivity (Wildman–Crippen MR) is 77.4 cm³/mol. The Hall–Kier alpha value is -0.860. The average molecular weight is 246 g/mol. The Morgan fingerprint density at radius 3 is 2.67 bits per heavy atom. The van der Waals surface area contributed by atoms with E-state index in [0.29, 0.717) is 5.92 Å². The number of rotatable bonds is 8. The van der Waals surface area contributed by atoms with E-state index in [1.54, 1.807) is 0 Å². The maximum atomic E-state index is 6.27. The minimum atomic E-state index is 0.141. The monoisotopic (exact) mass is 246 g/mol. The Balaban J connectivity index is 1.62. The van der Waals surface area contributed by atoms with E-state index in [9.17, 15) is 0 Å². The molecule has 0 bridgehead atoms. The number of benzene rings is 1. The van der Waals surface area contributed by atoms with Crippen molar-refractivity contribution in [2.24, 2.45) is 17.6 Å². The number of nitrogens with one attached hydrogen (secondary N) is 1. The molecule has 2 atom stereocenters. The minimum Gasteiger partial charge on any atom is -0.324 e. The smallest absolute Gasteiger partial charge is 0.0333 e. The van der Waals surface area contributed by atoms with Gasteiger partial charge < -0.3 is 11.1 Å². The van der Waals surface area contributed by atoms with Gasteiger partial charge in [-0.3, -0.25) is 0 Å². The van der Waals surface area contributed by atoms with Crippen LogP contribution in [0.1, 0.15) is 44.2 Å². The summed E-state index contributed by atoms with van der Waals surface area (Å²) in [6, 6.07) is 10.5. The lowest BCUT2D eigenvalue weighted by Gasteiger charge is -2.20. The molecule has 0 radical (unpaired) electrons. The fourth-order valence-corrected chi connectivity index (χ4v) is 2.38. The highest BCUT2D eigenvalue weighted by Crippen LogP contribution is 2.33. The van der Waals surface area contributed by atoms with Crippen LogP contribution >= 0.6 is 0 Å². The van der Waals surface area contributed by atoms with E-state index >= 15 is 0 Å². The molecule has 0 amide bonds. The summed E-state index contributed by atoms with van der Waals surface area (Å²) >= 11 is 0. The van der Waals surface area contributed by atoms with Crippen LogP contribution in [0.4, 0.5) is 0 Å². The third-order valence-electron chi connectivity index (χ3n) is 3.93. The van der Waals surface area contributed by atoms with Gasteiger partial charge in [0.2, 0.25) is 0 Å². The summed E-state index contributed by atoms with van der Waals surface area (Å²) in [5.41, 5.74) is 7.51. The van der Waals surface area contributed by atoms with Crippen LogP contribution in [-0.4, -0.2) is 13.1 Å². The largest absolute Gasteiger partial charge is 0.324 e. The molecule has 3 N–H and O–H groups in total. The topological polar surface area (TPSA) is 38.0 Å². The van der Waals surface area contributed by atoms with E-state index in [0.717, 1.165) is 19.0 Å². The van der Waals surface area contributed by atoms with E-state index in [2.05, 4.69) is 36.5 Å². The van der Waals surface area contributed by atoms with Crippen LogP contribution in [0.15, 0.2) is 30.3 Å². The van der Waals surface area contributed by atoms with Crippen molar-refractivity contribution in [2.45, 2.75) is 38.6 Å². The summed E-state index contributed by atoms with van der Waals surface area (Å²) in [4.78, 5) is 0. The predicted octanol–water partition coefficient (Wildman–Crippen LogP) is 3.10. The molecule has 2 nitrogen and oxygen atoms in total. The van der Waals surface area contributed by atoms with Crippen molar-refractivity contribution >= 4 is 0 Å². The van der Waals surface area contributed by atoms with Crippen LogP contribution in [-0.2, 0) is 0 Å². The fourth-order valence-electron chi connectivity index (χ4n) is 2.38. The van der Waals surface area contributed by atoms with Crippen molar-refractivity contribution in [1.29, 1.82) is 0 Å². The maximum absolute atomic E-state index is 6.27. The summed E-state index contributed by atoms with van der Waals surface area (Å²) in [6.07, 6.45) is 5.66.